The van der Waals surface area contributed by atoms with Crippen molar-refractivity contribution < 1.29 is 9.53 Å². The van der Waals surface area contributed by atoms with E-state index < -0.39 is 11.7 Å². The summed E-state index contributed by atoms with van der Waals surface area (Å²) in [7, 11) is 0. The van der Waals surface area contributed by atoms with Crippen LogP contribution in [-0.4, -0.2) is 22.1 Å². The first-order chi connectivity index (χ1) is 8.74. The van der Waals surface area contributed by atoms with Crippen molar-refractivity contribution in [2.24, 2.45) is 0 Å². The molecule has 0 aliphatic carbocycles. The Labute approximate surface area is 128 Å². The molecule has 1 unspecified atom stereocenters. The van der Waals surface area contributed by atoms with Crippen LogP contribution in [0.1, 0.15) is 39.3 Å². The molecular weight excluding hydrogens is 326 g/mol. The Kier molecular flexibility index (Phi) is 5.50. The summed E-state index contributed by atoms with van der Waals surface area (Å²) in [5, 5.41) is 0. The highest BCUT2D eigenvalue weighted by Gasteiger charge is 2.25. The molecule has 0 aliphatic heterocycles. The molecule has 5 heteroatoms. The van der Waals surface area contributed by atoms with Crippen LogP contribution >= 0.6 is 28.1 Å². The number of hydrogen-bond acceptors (Lipinski definition) is 3. The van der Waals surface area contributed by atoms with Crippen LogP contribution in [0, 0.1) is 0 Å². The van der Waals surface area contributed by atoms with Gasteiger partial charge in [-0.2, -0.15) is 0 Å². The van der Waals surface area contributed by atoms with E-state index in [1.165, 1.54) is 10.4 Å². The molecule has 1 aromatic carbocycles. The minimum absolute atomic E-state index is 0.176. The van der Waals surface area contributed by atoms with Crippen LogP contribution in [0.2, 0.25) is 0 Å². The van der Waals surface area contributed by atoms with Crippen LogP contribution in [0.4, 0.5) is 4.79 Å². The zero-order valence-corrected chi connectivity index (χ0v) is 13.9. The maximum Gasteiger partial charge on any atom is 0.415 e. The van der Waals surface area contributed by atoms with Gasteiger partial charge in [-0.25, -0.2) is 4.79 Å². The first-order valence-electron chi connectivity index (χ1n) is 5.96. The summed E-state index contributed by atoms with van der Waals surface area (Å²) in [5.41, 5.74) is 1.78. The Morgan fingerprint density at radius 3 is 2.58 bits per heavy atom. The number of halogens is 1. The molecule has 0 aliphatic rings. The number of carbonyl (C=O) groups excluding carboxylic acids is 1. The van der Waals surface area contributed by atoms with Gasteiger partial charge in [0.1, 0.15) is 5.60 Å². The van der Waals surface area contributed by atoms with Gasteiger partial charge in [0.15, 0.2) is 0 Å². The molecule has 0 spiro atoms. The summed E-state index contributed by atoms with van der Waals surface area (Å²) in [6, 6.07) is 7.59. The lowest BCUT2D eigenvalue weighted by Gasteiger charge is -2.28. The molecular formula is C14H18BrNO2S. The van der Waals surface area contributed by atoms with Gasteiger partial charge in [-0.1, -0.05) is 40.3 Å². The van der Waals surface area contributed by atoms with Crippen molar-refractivity contribution in [3.63, 3.8) is 0 Å². The van der Waals surface area contributed by atoms with Crippen molar-refractivity contribution in [1.82, 2.24) is 4.90 Å². The van der Waals surface area contributed by atoms with E-state index in [0.29, 0.717) is 0 Å². The van der Waals surface area contributed by atoms with Crippen molar-refractivity contribution >= 4 is 39.7 Å². The highest BCUT2D eigenvalue weighted by atomic mass is 79.9. The molecule has 1 atom stereocenters. The molecule has 0 saturated carbocycles. The van der Waals surface area contributed by atoms with Gasteiger partial charge in [-0.15, -0.1) is 0 Å². The lowest BCUT2D eigenvalue weighted by molar-refractivity contribution is 0.0333. The Morgan fingerprint density at radius 1 is 1.47 bits per heavy atom. The number of amides is 1. The third-order valence-electron chi connectivity index (χ3n) is 2.47. The molecule has 19 heavy (non-hydrogen) atoms. The van der Waals surface area contributed by atoms with Gasteiger partial charge in [0.2, 0.25) is 0 Å². The minimum atomic E-state index is -0.537. The molecule has 0 heterocycles. The summed E-state index contributed by atoms with van der Waals surface area (Å²) in [6.45, 7) is 7.40. The molecule has 0 saturated heterocycles. The van der Waals surface area contributed by atoms with Crippen molar-refractivity contribution in [3.05, 3.63) is 34.3 Å². The number of ether oxygens (including phenoxy) is 1. The van der Waals surface area contributed by atoms with Crippen molar-refractivity contribution in [2.75, 3.05) is 0 Å². The highest BCUT2D eigenvalue weighted by molar-refractivity contribution is 9.10. The predicted molar refractivity (Wildman–Crippen MR) is 84.3 cm³/mol. The molecule has 0 N–H and O–H groups in total. The fourth-order valence-corrected chi connectivity index (χ4v) is 2.22. The SMILES string of the molecule is CC(c1cccc(Br)c1)N(C=S)C(=O)OC(C)(C)C. The van der Waals surface area contributed by atoms with E-state index in [1.54, 1.807) is 0 Å². The van der Waals surface area contributed by atoms with Crippen molar-refractivity contribution in [1.29, 1.82) is 0 Å². The Balaban J connectivity index is 2.91. The van der Waals surface area contributed by atoms with Gasteiger partial charge in [0, 0.05) is 4.47 Å². The van der Waals surface area contributed by atoms with E-state index in [2.05, 4.69) is 15.9 Å². The van der Waals surface area contributed by atoms with Gasteiger partial charge >= 0.3 is 6.09 Å². The second-order valence-corrected chi connectivity index (χ2v) is 6.35. The standard InChI is InChI=1S/C14H18BrNO2S/c1-10(11-6-5-7-12(15)8-11)16(9-19)13(17)18-14(2,3)4/h5-10H,1-4H3. The third-order valence-corrected chi connectivity index (χ3v) is 3.19. The Hall–Kier alpha value is -0.940. The fraction of sp³-hybridized carbons (Fsp3) is 0.429. The number of nitrogens with zero attached hydrogens (tertiary/aromatic N) is 1. The number of hydrogen-bond donors (Lipinski definition) is 0. The number of carbonyl (C=O) groups is 1. The average molecular weight is 344 g/mol. The van der Waals surface area contributed by atoms with Gasteiger partial charge < -0.3 is 4.74 Å². The Bertz CT molecular complexity index is 471. The van der Waals surface area contributed by atoms with E-state index in [1.807, 2.05) is 52.0 Å². The molecule has 1 aromatic rings. The highest BCUT2D eigenvalue weighted by Crippen LogP contribution is 2.24. The van der Waals surface area contributed by atoms with Gasteiger partial charge in [-0.05, 0) is 45.4 Å². The van der Waals surface area contributed by atoms with Crippen LogP contribution in [0.15, 0.2) is 28.7 Å². The summed E-state index contributed by atoms with van der Waals surface area (Å²) < 4.78 is 6.30. The van der Waals surface area contributed by atoms with Crippen LogP contribution in [-0.2, 0) is 4.74 Å². The maximum absolute atomic E-state index is 12.1. The minimum Gasteiger partial charge on any atom is -0.443 e. The smallest absolute Gasteiger partial charge is 0.415 e. The number of benzene rings is 1. The lowest BCUT2D eigenvalue weighted by Crippen LogP contribution is -2.37. The first kappa shape index (κ1) is 16.1. The van der Waals surface area contributed by atoms with Gasteiger partial charge in [0.25, 0.3) is 0 Å². The first-order valence-corrected chi connectivity index (χ1v) is 7.23. The van der Waals surface area contributed by atoms with Crippen LogP contribution in [0.5, 0.6) is 0 Å². The van der Waals surface area contributed by atoms with E-state index >= 15 is 0 Å². The van der Waals surface area contributed by atoms with E-state index in [9.17, 15) is 4.79 Å². The lowest BCUT2D eigenvalue weighted by atomic mass is 10.1. The normalized spacial score (nSPS) is 12.7. The summed E-state index contributed by atoms with van der Waals surface area (Å²) >= 11 is 8.35. The third kappa shape index (κ3) is 4.91. The summed E-state index contributed by atoms with van der Waals surface area (Å²) in [5.74, 6) is 0. The molecule has 0 aromatic heterocycles. The van der Waals surface area contributed by atoms with Gasteiger partial charge in [0.05, 0.1) is 11.5 Å². The van der Waals surface area contributed by atoms with Crippen molar-refractivity contribution in [2.45, 2.75) is 39.3 Å². The molecule has 104 valence electrons. The van der Waals surface area contributed by atoms with E-state index in [4.69, 9.17) is 17.0 Å². The monoisotopic (exact) mass is 343 g/mol. The van der Waals surface area contributed by atoms with Crippen LogP contribution in [0.25, 0.3) is 0 Å². The topological polar surface area (TPSA) is 29.5 Å². The second-order valence-electron chi connectivity index (χ2n) is 5.22. The van der Waals surface area contributed by atoms with Crippen LogP contribution in [0.3, 0.4) is 0 Å². The molecule has 1 rings (SSSR count). The van der Waals surface area contributed by atoms with E-state index in [0.717, 1.165) is 10.0 Å². The molecule has 0 bridgehead atoms. The fourth-order valence-electron chi connectivity index (χ4n) is 1.53. The summed E-state index contributed by atoms with van der Waals surface area (Å²) in [6.07, 6.45) is -0.435. The molecule has 1 amide bonds. The average Bonchev–Trinajstić information content (AvgIpc) is 2.27. The second kappa shape index (κ2) is 6.48. The van der Waals surface area contributed by atoms with Crippen LogP contribution < -0.4 is 0 Å². The number of thiocarbonyl (C=S) groups is 1. The zero-order chi connectivity index (χ0) is 14.6. The maximum atomic E-state index is 12.1. The summed E-state index contributed by atoms with van der Waals surface area (Å²) in [4.78, 5) is 13.5. The molecule has 0 fully saturated rings. The zero-order valence-electron chi connectivity index (χ0n) is 11.5. The number of rotatable bonds is 3. The molecule has 0 radical (unpaired) electrons. The predicted octanol–water partition coefficient (Wildman–Crippen LogP) is 4.70. The van der Waals surface area contributed by atoms with Crippen molar-refractivity contribution in [3.8, 4) is 0 Å². The quantitative estimate of drug-likeness (QED) is 0.744. The molecule has 3 nitrogen and oxygen atoms in total. The van der Waals surface area contributed by atoms with E-state index in [-0.39, 0.29) is 6.04 Å². The van der Waals surface area contributed by atoms with Gasteiger partial charge in [-0.3, -0.25) is 4.90 Å². The Morgan fingerprint density at radius 2 is 2.11 bits per heavy atom. The largest absolute Gasteiger partial charge is 0.443 e.